The lowest BCUT2D eigenvalue weighted by Crippen LogP contribution is -2.37. The predicted molar refractivity (Wildman–Crippen MR) is 130 cm³/mol. The van der Waals surface area contributed by atoms with E-state index in [-0.39, 0.29) is 5.56 Å². The maximum Gasteiger partial charge on any atom is 0.339 e. The molecule has 9 nitrogen and oxygen atoms in total. The fraction of sp³-hybridized carbons (Fsp3) is 0.120. The second-order valence-electron chi connectivity index (χ2n) is 7.49. The Morgan fingerprint density at radius 1 is 0.971 bits per heavy atom. The van der Waals surface area contributed by atoms with Crippen LogP contribution in [0.2, 0.25) is 0 Å². The zero-order valence-electron chi connectivity index (χ0n) is 18.3. The van der Waals surface area contributed by atoms with Crippen LogP contribution in [0.25, 0.3) is 21.5 Å². The van der Waals surface area contributed by atoms with Crippen molar-refractivity contribution in [2.24, 2.45) is 0 Å². The molecule has 2 aromatic carbocycles. The minimum atomic E-state index is -0.773. The summed E-state index contributed by atoms with van der Waals surface area (Å²) in [5.41, 5.74) is 1.97. The maximum atomic E-state index is 12.8. The Kier molecular flexibility index (Phi) is 6.27. The number of benzene rings is 2. The van der Waals surface area contributed by atoms with Crippen molar-refractivity contribution in [3.8, 4) is 22.1 Å². The smallest absolute Gasteiger partial charge is 0.339 e. The zero-order chi connectivity index (χ0) is 24.2. The highest BCUT2D eigenvalue weighted by atomic mass is 32.1. The van der Waals surface area contributed by atoms with Gasteiger partial charge >= 0.3 is 12.0 Å². The Balaban J connectivity index is 1.22. The number of pyridine rings is 1. The first-order chi connectivity index (χ1) is 17.1. The van der Waals surface area contributed by atoms with E-state index in [1.807, 2.05) is 23.6 Å². The molecule has 3 amide bonds. The molecule has 2 N–H and O–H groups in total. The SMILES string of the molecule is O=C(COC(=O)c1cc(-c2cccs2)nc2ccccc12)NC(=O)Nc1ccc2c(c1)OCCO2. The van der Waals surface area contributed by atoms with E-state index < -0.39 is 24.5 Å². The molecule has 35 heavy (non-hydrogen) atoms. The van der Waals surface area contributed by atoms with Crippen LogP contribution in [0.3, 0.4) is 0 Å². The maximum absolute atomic E-state index is 12.8. The van der Waals surface area contributed by atoms with Gasteiger partial charge in [0.05, 0.1) is 21.7 Å². The van der Waals surface area contributed by atoms with Crippen LogP contribution in [0.1, 0.15) is 10.4 Å². The number of nitrogens with zero attached hydrogens (tertiary/aromatic N) is 1. The third-order valence-electron chi connectivity index (χ3n) is 5.10. The summed E-state index contributed by atoms with van der Waals surface area (Å²) in [4.78, 5) is 42.8. The molecule has 0 saturated heterocycles. The molecule has 0 unspecified atom stereocenters. The minimum Gasteiger partial charge on any atom is -0.486 e. The molecule has 0 aliphatic carbocycles. The van der Waals surface area contributed by atoms with Crippen molar-refractivity contribution in [3.05, 3.63) is 71.6 Å². The number of amides is 3. The highest BCUT2D eigenvalue weighted by Crippen LogP contribution is 2.32. The van der Waals surface area contributed by atoms with Gasteiger partial charge in [0.25, 0.3) is 5.91 Å². The molecule has 0 atom stereocenters. The van der Waals surface area contributed by atoms with Gasteiger partial charge < -0.3 is 19.5 Å². The Morgan fingerprint density at radius 3 is 2.63 bits per heavy atom. The van der Waals surface area contributed by atoms with E-state index in [1.54, 1.807) is 42.5 Å². The van der Waals surface area contributed by atoms with Crippen LogP contribution in [-0.2, 0) is 9.53 Å². The Bertz CT molecular complexity index is 1420. The van der Waals surface area contributed by atoms with Gasteiger partial charge in [-0.2, -0.15) is 0 Å². The van der Waals surface area contributed by atoms with E-state index in [0.717, 1.165) is 4.88 Å². The lowest BCUT2D eigenvalue weighted by atomic mass is 10.1. The van der Waals surface area contributed by atoms with Crippen LogP contribution in [0.15, 0.2) is 66.0 Å². The molecule has 0 spiro atoms. The van der Waals surface area contributed by atoms with Gasteiger partial charge in [-0.15, -0.1) is 11.3 Å². The fourth-order valence-electron chi connectivity index (χ4n) is 3.55. The lowest BCUT2D eigenvalue weighted by Gasteiger charge is -2.19. The van der Waals surface area contributed by atoms with Gasteiger partial charge in [0, 0.05) is 17.1 Å². The summed E-state index contributed by atoms with van der Waals surface area (Å²) in [6.45, 7) is 0.241. The Labute approximate surface area is 203 Å². The molecular weight excluding hydrogens is 470 g/mol. The minimum absolute atomic E-state index is 0.285. The van der Waals surface area contributed by atoms with Crippen LogP contribution in [0, 0.1) is 0 Å². The zero-order valence-corrected chi connectivity index (χ0v) is 19.1. The van der Waals surface area contributed by atoms with Crippen molar-refractivity contribution >= 4 is 45.8 Å². The van der Waals surface area contributed by atoms with Crippen LogP contribution in [-0.4, -0.2) is 42.7 Å². The fourth-order valence-corrected chi connectivity index (χ4v) is 4.24. The van der Waals surface area contributed by atoms with Gasteiger partial charge in [0.2, 0.25) is 0 Å². The topological polar surface area (TPSA) is 116 Å². The number of esters is 1. The van der Waals surface area contributed by atoms with E-state index in [0.29, 0.717) is 47.0 Å². The summed E-state index contributed by atoms with van der Waals surface area (Å²) in [5, 5.41) is 7.20. The number of carbonyl (C=O) groups is 3. The predicted octanol–water partition coefficient (Wildman–Crippen LogP) is 4.24. The number of para-hydroxylation sites is 1. The molecule has 0 fully saturated rings. The standard InChI is InChI=1S/C25H19N3O6S/c29-23(28-25(31)26-15-7-8-20-21(12-15)33-10-9-32-20)14-34-24(30)17-13-19(22-6-3-11-35-22)27-18-5-2-1-4-16(17)18/h1-8,11-13H,9-10,14H2,(H2,26,28,29,31). The van der Waals surface area contributed by atoms with Gasteiger partial charge in [-0.3, -0.25) is 10.1 Å². The Morgan fingerprint density at radius 2 is 1.80 bits per heavy atom. The summed E-state index contributed by atoms with van der Waals surface area (Å²) in [6.07, 6.45) is 0. The van der Waals surface area contributed by atoms with E-state index in [9.17, 15) is 14.4 Å². The second-order valence-corrected chi connectivity index (χ2v) is 8.43. The quantitative estimate of drug-likeness (QED) is 0.403. The van der Waals surface area contributed by atoms with E-state index >= 15 is 0 Å². The summed E-state index contributed by atoms with van der Waals surface area (Å²) >= 11 is 1.50. The van der Waals surface area contributed by atoms with Crippen molar-refractivity contribution in [1.82, 2.24) is 10.3 Å². The lowest BCUT2D eigenvalue weighted by molar-refractivity contribution is -0.123. The molecule has 0 radical (unpaired) electrons. The van der Waals surface area contributed by atoms with Crippen LogP contribution in [0.5, 0.6) is 11.5 Å². The van der Waals surface area contributed by atoms with E-state index in [2.05, 4.69) is 15.6 Å². The van der Waals surface area contributed by atoms with Crippen LogP contribution < -0.4 is 20.1 Å². The average Bonchev–Trinajstić information content (AvgIpc) is 3.41. The molecule has 1 aliphatic heterocycles. The largest absolute Gasteiger partial charge is 0.486 e. The van der Waals surface area contributed by atoms with Crippen molar-refractivity contribution < 1.29 is 28.6 Å². The van der Waals surface area contributed by atoms with E-state index in [4.69, 9.17) is 14.2 Å². The van der Waals surface area contributed by atoms with Gasteiger partial charge in [-0.25, -0.2) is 14.6 Å². The van der Waals surface area contributed by atoms with Crippen molar-refractivity contribution in [3.63, 3.8) is 0 Å². The normalized spacial score (nSPS) is 12.1. The molecule has 176 valence electrons. The number of fused-ring (bicyclic) bond motifs is 2. The monoisotopic (exact) mass is 489 g/mol. The second kappa shape index (κ2) is 9.82. The number of rotatable bonds is 5. The highest BCUT2D eigenvalue weighted by molar-refractivity contribution is 7.13. The number of urea groups is 1. The summed E-state index contributed by atoms with van der Waals surface area (Å²) < 4.78 is 16.1. The van der Waals surface area contributed by atoms with Gasteiger partial charge in [-0.05, 0) is 35.7 Å². The van der Waals surface area contributed by atoms with Crippen LogP contribution in [0.4, 0.5) is 10.5 Å². The number of hydrogen-bond donors (Lipinski definition) is 2. The first-order valence-corrected chi connectivity index (χ1v) is 11.6. The van der Waals surface area contributed by atoms with Gasteiger partial charge in [-0.1, -0.05) is 24.3 Å². The summed E-state index contributed by atoms with van der Waals surface area (Å²) in [7, 11) is 0. The van der Waals surface area contributed by atoms with Crippen molar-refractivity contribution in [1.29, 1.82) is 0 Å². The number of imide groups is 1. The Hall–Kier alpha value is -4.44. The third kappa shape index (κ3) is 5.07. The highest BCUT2D eigenvalue weighted by Gasteiger charge is 2.18. The number of anilines is 1. The molecule has 3 heterocycles. The number of carbonyl (C=O) groups excluding carboxylic acids is 3. The molecule has 5 rings (SSSR count). The molecule has 4 aromatic rings. The van der Waals surface area contributed by atoms with Crippen molar-refractivity contribution in [2.75, 3.05) is 25.1 Å². The number of thiophene rings is 1. The van der Waals surface area contributed by atoms with E-state index in [1.165, 1.54) is 11.3 Å². The first-order valence-electron chi connectivity index (χ1n) is 10.7. The summed E-state index contributed by atoms with van der Waals surface area (Å²) in [6, 6.07) is 16.8. The number of aromatic nitrogens is 1. The number of nitrogens with one attached hydrogen (secondary N) is 2. The molecule has 1 aliphatic rings. The van der Waals surface area contributed by atoms with Gasteiger partial charge in [0.15, 0.2) is 18.1 Å². The average molecular weight is 490 g/mol. The number of ether oxygens (including phenoxy) is 3. The molecule has 2 aromatic heterocycles. The number of hydrogen-bond acceptors (Lipinski definition) is 8. The third-order valence-corrected chi connectivity index (χ3v) is 5.99. The first kappa shape index (κ1) is 22.4. The molecular formula is C25H19N3O6S. The van der Waals surface area contributed by atoms with Crippen molar-refractivity contribution in [2.45, 2.75) is 0 Å². The summed E-state index contributed by atoms with van der Waals surface area (Å²) in [5.74, 6) is -0.383. The molecule has 0 saturated carbocycles. The molecule has 10 heteroatoms. The van der Waals surface area contributed by atoms with Gasteiger partial charge in [0.1, 0.15) is 13.2 Å². The molecule has 0 bridgehead atoms. The van der Waals surface area contributed by atoms with Crippen LogP contribution >= 0.6 is 11.3 Å².